The van der Waals surface area contributed by atoms with Gasteiger partial charge in [-0.05, 0) is 50.4 Å². The van der Waals surface area contributed by atoms with Crippen molar-refractivity contribution in [3.63, 3.8) is 0 Å². The maximum Gasteiger partial charge on any atom is 0.262 e. The molecule has 0 aliphatic carbocycles. The number of hydrogen-bond donors (Lipinski definition) is 3. The summed E-state index contributed by atoms with van der Waals surface area (Å²) in [4.78, 5) is 15.0. The predicted octanol–water partition coefficient (Wildman–Crippen LogP) is 2.58. The first-order valence-electron chi connectivity index (χ1n) is 10.3. The molecule has 0 bridgehead atoms. The minimum Gasteiger partial charge on any atom is -0.486 e. The number of amides is 1. The molecule has 0 spiro atoms. The molecule has 2 aromatic carbocycles. The summed E-state index contributed by atoms with van der Waals surface area (Å²) in [6.07, 6.45) is -0.332. The lowest BCUT2D eigenvalue weighted by molar-refractivity contribution is 0.0417. The number of likely N-dealkylation sites (N-methyl/N-ethyl adjacent to an activating group) is 1. The quantitative estimate of drug-likeness (QED) is 0.561. The summed E-state index contributed by atoms with van der Waals surface area (Å²) in [6, 6.07) is 10.1. The molecule has 3 atom stereocenters. The largest absolute Gasteiger partial charge is 0.486 e. The summed E-state index contributed by atoms with van der Waals surface area (Å²) in [5, 5.41) is 13.2. The molecule has 3 rings (SSSR count). The Balaban J connectivity index is 2.08. The molecule has 1 aliphatic heterocycles. The summed E-state index contributed by atoms with van der Waals surface area (Å²) in [6.45, 7) is 4.43. The van der Waals surface area contributed by atoms with E-state index in [9.17, 15) is 18.3 Å². The van der Waals surface area contributed by atoms with Gasteiger partial charge in [0.15, 0.2) is 5.75 Å². The van der Waals surface area contributed by atoms with Crippen LogP contribution in [-0.2, 0) is 10.0 Å². The zero-order valence-electron chi connectivity index (χ0n) is 18.2. The molecule has 0 radical (unpaired) electrons. The van der Waals surface area contributed by atoms with Crippen LogP contribution in [0.5, 0.6) is 5.75 Å². The Morgan fingerprint density at radius 1 is 1.25 bits per heavy atom. The Hall–Kier alpha value is -2.33. The molecule has 8 nitrogen and oxygen atoms in total. The summed E-state index contributed by atoms with van der Waals surface area (Å²) >= 11 is 5.88. The van der Waals surface area contributed by atoms with Crippen molar-refractivity contribution >= 4 is 33.2 Å². The summed E-state index contributed by atoms with van der Waals surface area (Å²) in [5.41, 5.74) is 0.396. The summed E-state index contributed by atoms with van der Waals surface area (Å²) in [7, 11) is -2.15. The van der Waals surface area contributed by atoms with Crippen LogP contribution in [0.25, 0.3) is 0 Å². The third-order valence-electron chi connectivity index (χ3n) is 5.46. The van der Waals surface area contributed by atoms with Crippen molar-refractivity contribution < 1.29 is 23.1 Å². The molecule has 1 heterocycles. The zero-order valence-corrected chi connectivity index (χ0v) is 19.8. The van der Waals surface area contributed by atoms with Crippen molar-refractivity contribution in [2.45, 2.75) is 30.9 Å². The number of para-hydroxylation sites is 1. The molecule has 1 aliphatic rings. The highest BCUT2D eigenvalue weighted by Gasteiger charge is 2.34. The standard InChI is InChI=1S/C22H28ClN3O5S/c1-14-12-26(15(2)13-27)22(28)18-5-4-6-19(21(18)31-20(14)11-24-3)25-32(29,30)17-9-7-16(23)8-10-17/h4-10,14-15,20,24-25,27H,11-13H2,1-3H3/t14-,15+,20-/m0/s1. The zero-order chi connectivity index (χ0) is 23.5. The van der Waals surface area contributed by atoms with Gasteiger partial charge in [0.2, 0.25) is 0 Å². The Morgan fingerprint density at radius 3 is 2.56 bits per heavy atom. The highest BCUT2D eigenvalue weighted by molar-refractivity contribution is 7.92. The summed E-state index contributed by atoms with van der Waals surface area (Å²) in [5.74, 6) is -0.240. The van der Waals surface area contributed by atoms with Crippen LogP contribution in [0.3, 0.4) is 0 Å². The molecular formula is C22H28ClN3O5S. The van der Waals surface area contributed by atoms with Crippen LogP contribution in [0.2, 0.25) is 5.02 Å². The number of halogens is 1. The van der Waals surface area contributed by atoms with Crippen LogP contribution in [0.4, 0.5) is 5.69 Å². The van der Waals surface area contributed by atoms with Crippen LogP contribution < -0.4 is 14.8 Å². The van der Waals surface area contributed by atoms with E-state index in [1.807, 2.05) is 6.92 Å². The number of benzene rings is 2. The minimum atomic E-state index is -3.95. The van der Waals surface area contributed by atoms with Gasteiger partial charge in [-0.1, -0.05) is 24.6 Å². The second kappa shape index (κ2) is 10.1. The van der Waals surface area contributed by atoms with Gasteiger partial charge in [-0.25, -0.2) is 8.42 Å². The van der Waals surface area contributed by atoms with Gasteiger partial charge in [0.1, 0.15) is 6.10 Å². The molecule has 1 amide bonds. The smallest absolute Gasteiger partial charge is 0.262 e. The van der Waals surface area contributed by atoms with E-state index in [-0.39, 0.29) is 46.4 Å². The Bertz CT molecular complexity index is 1060. The van der Waals surface area contributed by atoms with Crippen molar-refractivity contribution in [1.29, 1.82) is 0 Å². The molecule has 0 saturated heterocycles. The van der Waals surface area contributed by atoms with Crippen LogP contribution in [0.15, 0.2) is 47.4 Å². The van der Waals surface area contributed by atoms with E-state index >= 15 is 0 Å². The second-order valence-corrected chi connectivity index (χ2v) is 10.0. The van der Waals surface area contributed by atoms with E-state index < -0.39 is 16.1 Å². The monoisotopic (exact) mass is 481 g/mol. The fourth-order valence-corrected chi connectivity index (χ4v) is 4.77. The number of sulfonamides is 1. The Labute approximate surface area is 193 Å². The maximum absolute atomic E-state index is 13.4. The lowest BCUT2D eigenvalue weighted by Crippen LogP contribution is -2.49. The average Bonchev–Trinajstić information content (AvgIpc) is 2.76. The third kappa shape index (κ3) is 5.17. The van der Waals surface area contributed by atoms with E-state index in [0.717, 1.165) is 0 Å². The number of nitrogens with zero attached hydrogens (tertiary/aromatic N) is 1. The average molecular weight is 482 g/mol. The van der Waals surface area contributed by atoms with Crippen LogP contribution >= 0.6 is 11.6 Å². The van der Waals surface area contributed by atoms with Crippen LogP contribution in [0, 0.1) is 5.92 Å². The van der Waals surface area contributed by atoms with Gasteiger partial charge in [0.25, 0.3) is 15.9 Å². The van der Waals surface area contributed by atoms with E-state index in [0.29, 0.717) is 18.1 Å². The van der Waals surface area contributed by atoms with Crippen molar-refractivity contribution in [3.05, 3.63) is 53.1 Å². The molecule has 32 heavy (non-hydrogen) atoms. The van der Waals surface area contributed by atoms with Gasteiger partial charge in [-0.3, -0.25) is 9.52 Å². The fraction of sp³-hybridized carbons (Fsp3) is 0.409. The number of fused-ring (bicyclic) bond motifs is 1. The van der Waals surface area contributed by atoms with Gasteiger partial charge in [-0.2, -0.15) is 0 Å². The van der Waals surface area contributed by atoms with Crippen molar-refractivity contribution in [2.24, 2.45) is 5.92 Å². The third-order valence-corrected chi connectivity index (χ3v) is 7.10. The highest BCUT2D eigenvalue weighted by Crippen LogP contribution is 2.35. The first-order valence-corrected chi connectivity index (χ1v) is 12.2. The highest BCUT2D eigenvalue weighted by atomic mass is 35.5. The van der Waals surface area contributed by atoms with Gasteiger partial charge in [0.05, 0.1) is 28.8 Å². The number of carbonyl (C=O) groups is 1. The molecule has 0 unspecified atom stereocenters. The van der Waals surface area contributed by atoms with E-state index in [1.54, 1.807) is 37.1 Å². The number of carbonyl (C=O) groups excluding carboxylic acids is 1. The molecule has 174 valence electrons. The molecular weight excluding hydrogens is 454 g/mol. The lowest BCUT2D eigenvalue weighted by Gasteiger charge is -2.37. The SMILES string of the molecule is CNC[C@@H]1Oc2c(NS(=O)(=O)c3ccc(Cl)cc3)cccc2C(=O)N([C@H](C)CO)C[C@@H]1C. The second-order valence-electron chi connectivity index (χ2n) is 7.92. The van der Waals surface area contributed by atoms with E-state index in [2.05, 4.69) is 10.0 Å². The van der Waals surface area contributed by atoms with Gasteiger partial charge < -0.3 is 20.1 Å². The molecule has 0 aromatic heterocycles. The lowest BCUT2D eigenvalue weighted by atomic mass is 9.99. The molecule has 3 N–H and O–H groups in total. The van der Waals surface area contributed by atoms with E-state index in [4.69, 9.17) is 16.3 Å². The normalized spacial score (nSPS) is 20.0. The van der Waals surface area contributed by atoms with Crippen molar-refractivity contribution in [1.82, 2.24) is 10.2 Å². The number of aliphatic hydroxyl groups is 1. The molecule has 0 fully saturated rings. The topological polar surface area (TPSA) is 108 Å². The van der Waals surface area contributed by atoms with E-state index in [1.165, 1.54) is 24.3 Å². The van der Waals surface area contributed by atoms with Crippen LogP contribution in [0.1, 0.15) is 24.2 Å². The fourth-order valence-electron chi connectivity index (χ4n) is 3.59. The molecule has 2 aromatic rings. The van der Waals surface area contributed by atoms with Gasteiger partial charge in [0, 0.05) is 24.0 Å². The van der Waals surface area contributed by atoms with Crippen molar-refractivity contribution in [2.75, 3.05) is 31.5 Å². The Kier molecular flexibility index (Phi) is 7.66. The first kappa shape index (κ1) is 24.3. The van der Waals surface area contributed by atoms with Crippen LogP contribution in [-0.4, -0.2) is 63.2 Å². The molecule has 10 heteroatoms. The van der Waals surface area contributed by atoms with Gasteiger partial charge in [-0.15, -0.1) is 0 Å². The van der Waals surface area contributed by atoms with Gasteiger partial charge >= 0.3 is 0 Å². The maximum atomic E-state index is 13.4. The van der Waals surface area contributed by atoms with Crippen molar-refractivity contribution in [3.8, 4) is 5.75 Å². The number of ether oxygens (including phenoxy) is 1. The number of aliphatic hydroxyl groups excluding tert-OH is 1. The Morgan fingerprint density at radius 2 is 1.94 bits per heavy atom. The summed E-state index contributed by atoms with van der Waals surface area (Å²) < 4.78 is 34.7. The minimum absolute atomic E-state index is 0.0346. The number of nitrogens with one attached hydrogen (secondary N) is 2. The predicted molar refractivity (Wildman–Crippen MR) is 124 cm³/mol. The number of hydrogen-bond acceptors (Lipinski definition) is 6. The number of rotatable bonds is 7. The number of anilines is 1. The first-order chi connectivity index (χ1) is 15.2. The molecule has 0 saturated carbocycles.